The summed E-state index contributed by atoms with van der Waals surface area (Å²) < 4.78 is 3.03. The summed E-state index contributed by atoms with van der Waals surface area (Å²) in [7, 11) is 1.69. The molecule has 182 valence electrons. The lowest BCUT2D eigenvalue weighted by Gasteiger charge is -2.37. The quantitative estimate of drug-likeness (QED) is 0.633. The molecular formula is C24H31N5O5. The molecule has 10 nitrogen and oxygen atoms in total. The van der Waals surface area contributed by atoms with Gasteiger partial charge in [0.15, 0.2) is 0 Å². The van der Waals surface area contributed by atoms with Gasteiger partial charge in [0, 0.05) is 51.3 Å². The van der Waals surface area contributed by atoms with Gasteiger partial charge in [-0.3, -0.25) is 28.8 Å². The topological polar surface area (TPSA) is 117 Å². The third kappa shape index (κ3) is 4.00. The van der Waals surface area contributed by atoms with Gasteiger partial charge < -0.3 is 14.9 Å². The van der Waals surface area contributed by atoms with Gasteiger partial charge in [0.05, 0.1) is 17.1 Å². The molecule has 3 aliphatic heterocycles. The van der Waals surface area contributed by atoms with Crippen molar-refractivity contribution in [1.82, 2.24) is 19.4 Å². The van der Waals surface area contributed by atoms with Gasteiger partial charge in [0.25, 0.3) is 0 Å². The Balaban J connectivity index is 1.31. The van der Waals surface area contributed by atoms with Crippen molar-refractivity contribution < 1.29 is 19.5 Å². The van der Waals surface area contributed by atoms with E-state index >= 15 is 0 Å². The van der Waals surface area contributed by atoms with Crippen LogP contribution in [0, 0.1) is 5.92 Å². The third-order valence-corrected chi connectivity index (χ3v) is 7.58. The van der Waals surface area contributed by atoms with Crippen molar-refractivity contribution in [2.24, 2.45) is 13.0 Å². The number of aromatic nitrogens is 2. The molecule has 0 bridgehead atoms. The first-order valence-electron chi connectivity index (χ1n) is 12.1. The molecule has 3 saturated heterocycles. The molecule has 2 N–H and O–H groups in total. The van der Waals surface area contributed by atoms with Gasteiger partial charge in [-0.2, -0.15) is 0 Å². The van der Waals surface area contributed by atoms with Crippen LogP contribution in [0.3, 0.4) is 0 Å². The Morgan fingerprint density at radius 1 is 0.971 bits per heavy atom. The molecule has 5 rings (SSSR count). The summed E-state index contributed by atoms with van der Waals surface area (Å²) in [5, 5.41) is 12.0. The Morgan fingerprint density at radius 3 is 2.35 bits per heavy atom. The predicted molar refractivity (Wildman–Crippen MR) is 125 cm³/mol. The number of amides is 3. The molecule has 0 saturated carbocycles. The molecule has 0 aliphatic carbocycles. The second kappa shape index (κ2) is 8.90. The number of hydrogen-bond acceptors (Lipinski definition) is 6. The van der Waals surface area contributed by atoms with Gasteiger partial charge in [-0.05, 0) is 50.3 Å². The van der Waals surface area contributed by atoms with E-state index in [9.17, 15) is 24.3 Å². The summed E-state index contributed by atoms with van der Waals surface area (Å²) in [5.41, 5.74) is 2.11. The number of carbonyl (C=O) groups is 3. The fourth-order valence-electron chi connectivity index (χ4n) is 5.51. The third-order valence-electron chi connectivity index (χ3n) is 7.58. The lowest BCUT2D eigenvalue weighted by molar-refractivity contribution is -0.138. The van der Waals surface area contributed by atoms with Crippen molar-refractivity contribution in [3.8, 4) is 0 Å². The lowest BCUT2D eigenvalue weighted by atomic mass is 9.93. The number of anilines is 1. The number of likely N-dealkylation sites (tertiary alicyclic amines) is 1. The van der Waals surface area contributed by atoms with E-state index in [1.165, 1.54) is 4.57 Å². The van der Waals surface area contributed by atoms with Crippen LogP contribution in [-0.2, 0) is 21.4 Å². The molecule has 1 aromatic carbocycles. The molecule has 1 unspecified atom stereocenters. The average Bonchev–Trinajstić information content (AvgIpc) is 3.09. The number of nitrogens with one attached hydrogen (secondary N) is 1. The molecule has 3 fully saturated rings. The van der Waals surface area contributed by atoms with E-state index < -0.39 is 11.9 Å². The summed E-state index contributed by atoms with van der Waals surface area (Å²) in [6.45, 7) is 2.77. The van der Waals surface area contributed by atoms with Crippen LogP contribution >= 0.6 is 0 Å². The fourth-order valence-corrected chi connectivity index (χ4v) is 5.51. The largest absolute Gasteiger partial charge is 0.393 e. The van der Waals surface area contributed by atoms with Crippen molar-refractivity contribution in [2.75, 3.05) is 31.1 Å². The fraction of sp³-hybridized carbons (Fsp3) is 0.583. The number of imidazole rings is 1. The van der Waals surface area contributed by atoms with Crippen molar-refractivity contribution >= 4 is 34.4 Å². The Kier molecular flexibility index (Phi) is 5.93. The zero-order valence-corrected chi connectivity index (χ0v) is 19.4. The normalized spacial score (nSPS) is 22.9. The van der Waals surface area contributed by atoms with Gasteiger partial charge in [-0.25, -0.2) is 4.79 Å². The number of imide groups is 1. The first-order valence-corrected chi connectivity index (χ1v) is 12.1. The minimum atomic E-state index is -0.697. The average molecular weight is 470 g/mol. The number of carbonyl (C=O) groups excluding carboxylic acids is 3. The molecule has 10 heteroatoms. The van der Waals surface area contributed by atoms with Crippen molar-refractivity contribution in [1.29, 1.82) is 0 Å². The number of rotatable bonds is 3. The number of nitrogens with zero attached hydrogens (tertiary/aromatic N) is 4. The summed E-state index contributed by atoms with van der Waals surface area (Å²) in [6.07, 6.45) is 3.08. The summed E-state index contributed by atoms with van der Waals surface area (Å²) in [5.74, 6) is -0.541. The highest BCUT2D eigenvalue weighted by Crippen LogP contribution is 2.29. The van der Waals surface area contributed by atoms with Gasteiger partial charge in [-0.1, -0.05) is 0 Å². The monoisotopic (exact) mass is 469 g/mol. The highest BCUT2D eigenvalue weighted by Gasteiger charge is 2.33. The number of benzene rings is 1. The summed E-state index contributed by atoms with van der Waals surface area (Å²) in [6, 6.07) is 5.09. The molecule has 4 heterocycles. The van der Waals surface area contributed by atoms with Crippen molar-refractivity contribution in [3.63, 3.8) is 0 Å². The maximum absolute atomic E-state index is 13.0. The van der Waals surface area contributed by atoms with E-state index in [-0.39, 0.29) is 35.9 Å². The van der Waals surface area contributed by atoms with Crippen LogP contribution in [0.5, 0.6) is 0 Å². The van der Waals surface area contributed by atoms with E-state index in [2.05, 4.69) is 10.2 Å². The van der Waals surface area contributed by atoms with E-state index in [0.717, 1.165) is 37.1 Å². The van der Waals surface area contributed by atoms with Crippen LogP contribution in [0.25, 0.3) is 11.0 Å². The van der Waals surface area contributed by atoms with Crippen LogP contribution < -0.4 is 15.9 Å². The molecule has 0 spiro atoms. The molecular weight excluding hydrogens is 438 g/mol. The Labute approximate surface area is 197 Å². The Bertz CT molecular complexity index is 1180. The van der Waals surface area contributed by atoms with E-state index in [0.29, 0.717) is 37.9 Å². The summed E-state index contributed by atoms with van der Waals surface area (Å²) >= 11 is 0. The summed E-state index contributed by atoms with van der Waals surface area (Å²) in [4.78, 5) is 53.9. The highest BCUT2D eigenvalue weighted by atomic mass is 16.3. The number of piperidine rings is 3. The van der Waals surface area contributed by atoms with Crippen LogP contribution in [0.2, 0.25) is 0 Å². The highest BCUT2D eigenvalue weighted by molar-refractivity contribution is 6.00. The SMILES string of the molecule is Cn1c(=O)n(C2CCC(=O)NC2=O)c2ccc(N3CCC(C(=O)N4CCC(O)CC4)CC3)cc21. The maximum Gasteiger partial charge on any atom is 0.329 e. The maximum atomic E-state index is 13.0. The van der Waals surface area contributed by atoms with E-state index in [1.807, 2.05) is 23.1 Å². The molecule has 1 aromatic heterocycles. The lowest BCUT2D eigenvalue weighted by Crippen LogP contribution is -2.46. The number of fused-ring (bicyclic) bond motifs is 1. The standard InChI is InChI=1S/C24H31N5O5/c1-26-20-14-16(2-3-18(20)29(24(26)34)19-4-5-21(31)25-22(19)32)27-10-6-15(7-11-27)23(33)28-12-8-17(30)9-13-28/h2-3,14-15,17,19,30H,4-13H2,1H3,(H,25,31,32). The first-order chi connectivity index (χ1) is 16.3. The molecule has 0 radical (unpaired) electrons. The Morgan fingerprint density at radius 2 is 1.68 bits per heavy atom. The zero-order valence-electron chi connectivity index (χ0n) is 19.4. The van der Waals surface area contributed by atoms with Crippen LogP contribution in [0.15, 0.2) is 23.0 Å². The second-order valence-electron chi connectivity index (χ2n) is 9.67. The molecule has 34 heavy (non-hydrogen) atoms. The number of aliphatic hydroxyl groups is 1. The van der Waals surface area contributed by atoms with Crippen molar-refractivity contribution in [2.45, 2.75) is 50.7 Å². The van der Waals surface area contributed by atoms with Crippen molar-refractivity contribution in [3.05, 3.63) is 28.7 Å². The van der Waals surface area contributed by atoms with Gasteiger partial charge in [0.1, 0.15) is 6.04 Å². The van der Waals surface area contributed by atoms with E-state index in [4.69, 9.17) is 0 Å². The molecule has 1 atom stereocenters. The number of aliphatic hydroxyl groups excluding tert-OH is 1. The Hall–Kier alpha value is -3.14. The van der Waals surface area contributed by atoms with Crippen LogP contribution in [0.4, 0.5) is 5.69 Å². The van der Waals surface area contributed by atoms with Gasteiger partial charge >= 0.3 is 5.69 Å². The predicted octanol–water partition coefficient (Wildman–Crippen LogP) is 0.517. The van der Waals surface area contributed by atoms with Gasteiger partial charge in [0.2, 0.25) is 17.7 Å². The zero-order chi connectivity index (χ0) is 24.0. The van der Waals surface area contributed by atoms with Crippen LogP contribution in [-0.4, -0.2) is 69.1 Å². The molecule has 3 aliphatic rings. The molecule has 3 amide bonds. The van der Waals surface area contributed by atoms with Crippen LogP contribution in [0.1, 0.15) is 44.6 Å². The second-order valence-corrected chi connectivity index (χ2v) is 9.67. The minimum absolute atomic E-state index is 0.00758. The number of hydrogen-bond donors (Lipinski definition) is 2. The number of aryl methyl sites for hydroxylation is 1. The molecule has 2 aromatic rings. The smallest absolute Gasteiger partial charge is 0.329 e. The first kappa shape index (κ1) is 22.6. The van der Waals surface area contributed by atoms with Gasteiger partial charge in [-0.15, -0.1) is 0 Å². The minimum Gasteiger partial charge on any atom is -0.393 e. The van der Waals surface area contributed by atoms with E-state index in [1.54, 1.807) is 11.6 Å².